The predicted molar refractivity (Wildman–Crippen MR) is 263 cm³/mol. The number of amides is 2. The normalized spacial score (nSPS) is 16.1. The third kappa shape index (κ3) is 9.18. The number of benzene rings is 6. The minimum atomic E-state index is -0.978. The van der Waals surface area contributed by atoms with Crippen molar-refractivity contribution in [3.8, 4) is 0 Å². The number of fused-ring (bicyclic) bond motifs is 1. The van der Waals surface area contributed by atoms with Gasteiger partial charge >= 0.3 is 5.97 Å². The van der Waals surface area contributed by atoms with E-state index < -0.39 is 40.8 Å². The molecule has 66 heavy (non-hydrogen) atoms. The van der Waals surface area contributed by atoms with Crippen molar-refractivity contribution in [3.05, 3.63) is 244 Å². The van der Waals surface area contributed by atoms with Gasteiger partial charge < -0.3 is 20.2 Å². The van der Waals surface area contributed by atoms with Crippen LogP contribution in [0.25, 0.3) is 0 Å². The first-order valence-electron chi connectivity index (χ1n) is 21.1. The zero-order valence-corrected chi connectivity index (χ0v) is 38.0. The lowest BCUT2D eigenvalue weighted by Gasteiger charge is -2.49. The van der Waals surface area contributed by atoms with Gasteiger partial charge in [0, 0.05) is 16.0 Å². The van der Waals surface area contributed by atoms with E-state index in [-0.39, 0.29) is 17.1 Å². The van der Waals surface area contributed by atoms with Gasteiger partial charge in [-0.2, -0.15) is 0 Å². The Labute approximate surface area is 395 Å². The van der Waals surface area contributed by atoms with E-state index in [1.165, 1.54) is 46.9 Å². The van der Waals surface area contributed by atoms with Gasteiger partial charge in [0.1, 0.15) is 35.5 Å². The van der Waals surface area contributed by atoms with Crippen LogP contribution in [0.5, 0.6) is 0 Å². The molecule has 2 amide bonds. The van der Waals surface area contributed by atoms with Crippen LogP contribution in [0.3, 0.4) is 0 Å². The molecule has 2 aliphatic rings. The molecule has 0 spiro atoms. The van der Waals surface area contributed by atoms with Crippen LogP contribution in [0.4, 0.5) is 5.13 Å². The van der Waals surface area contributed by atoms with Crippen LogP contribution in [0.15, 0.2) is 220 Å². The number of hydrogen-bond acceptors (Lipinski definition) is 11. The number of rotatable bonds is 16. The molecule has 0 saturated carbocycles. The Hall–Kier alpha value is -7.19. The molecule has 1 saturated heterocycles. The molecule has 9 rings (SSSR count). The molecule has 0 radical (unpaired) electrons. The Morgan fingerprint density at radius 2 is 1.29 bits per heavy atom. The Morgan fingerprint density at radius 1 is 0.773 bits per heavy atom. The quantitative estimate of drug-likeness (QED) is 0.0244. The van der Waals surface area contributed by atoms with Gasteiger partial charge in [-0.3, -0.25) is 14.5 Å². The van der Waals surface area contributed by atoms with Crippen molar-refractivity contribution in [3.63, 3.8) is 0 Å². The van der Waals surface area contributed by atoms with Crippen LogP contribution >= 0.6 is 34.9 Å². The molecular formula is C53H43N5O5S3. The summed E-state index contributed by atoms with van der Waals surface area (Å²) in [6.07, 6.45) is 1.12. The first-order valence-corrected chi connectivity index (χ1v) is 23.9. The standard InChI is InChI=1S/C53H43N5O5S3/c1-62-57-44(43-35-66-52(54-43)56-53(39-24-12-4-13-25-39,40-26-14-5-15-27-40)41-28-16-6-17-29-41)48(59)55-45-49(60)58-46(38(34-65-50(45)58)32-33-64-42-30-18-7-19-31-42)51(61)63-47(36-20-8-2-9-21-36)37-22-10-3-11-23-37/h2-33,35,45,47,50H,34H2,1H3,(H,54,56)(H,55,59). The minimum Gasteiger partial charge on any atom is -0.448 e. The van der Waals surface area contributed by atoms with Crippen LogP contribution < -0.4 is 10.6 Å². The summed E-state index contributed by atoms with van der Waals surface area (Å²) in [5.74, 6) is -1.38. The molecule has 10 nitrogen and oxygen atoms in total. The van der Waals surface area contributed by atoms with E-state index >= 15 is 0 Å². The monoisotopic (exact) mass is 925 g/mol. The van der Waals surface area contributed by atoms with Gasteiger partial charge in [0.25, 0.3) is 11.8 Å². The Morgan fingerprint density at radius 3 is 1.82 bits per heavy atom. The summed E-state index contributed by atoms with van der Waals surface area (Å²) in [6.45, 7) is 0. The summed E-state index contributed by atoms with van der Waals surface area (Å²) in [5, 5.41) is 14.3. The zero-order valence-electron chi connectivity index (χ0n) is 35.6. The fourth-order valence-corrected chi connectivity index (χ4v) is 10.9. The number of esters is 1. The Balaban J connectivity index is 0.985. The number of thioether (sulfide) groups is 2. The maximum Gasteiger partial charge on any atom is 0.356 e. The molecule has 2 N–H and O–H groups in total. The number of carbonyl (C=O) groups is 3. The molecule has 13 heteroatoms. The lowest BCUT2D eigenvalue weighted by atomic mass is 9.77. The third-order valence-corrected chi connectivity index (χ3v) is 14.1. The molecule has 0 aliphatic carbocycles. The van der Waals surface area contributed by atoms with Crippen LogP contribution in [0.1, 0.15) is 39.6 Å². The second-order valence-corrected chi connectivity index (χ2v) is 18.2. The van der Waals surface area contributed by atoms with Crippen molar-refractivity contribution < 1.29 is 24.0 Å². The van der Waals surface area contributed by atoms with Crippen LogP contribution in [-0.4, -0.2) is 57.7 Å². The van der Waals surface area contributed by atoms with E-state index in [2.05, 4.69) is 52.2 Å². The maximum atomic E-state index is 14.6. The average Bonchev–Trinajstić information content (AvgIpc) is 3.84. The van der Waals surface area contributed by atoms with Gasteiger partial charge in [0.2, 0.25) is 0 Å². The maximum absolute atomic E-state index is 14.6. The highest BCUT2D eigenvalue weighted by Gasteiger charge is 2.55. The van der Waals surface area contributed by atoms with E-state index in [4.69, 9.17) is 14.6 Å². The molecular weight excluding hydrogens is 883 g/mol. The number of oxime groups is 1. The summed E-state index contributed by atoms with van der Waals surface area (Å²) in [4.78, 5) is 55.7. The zero-order chi connectivity index (χ0) is 45.3. The summed E-state index contributed by atoms with van der Waals surface area (Å²) in [6, 6.07) is 58.3. The number of thiazole rings is 1. The predicted octanol–water partition coefficient (Wildman–Crippen LogP) is 10.2. The highest BCUT2D eigenvalue weighted by atomic mass is 32.2. The number of anilines is 1. The summed E-state index contributed by atoms with van der Waals surface area (Å²) in [5.41, 5.74) is 4.59. The minimum absolute atomic E-state index is 0.108. The van der Waals surface area contributed by atoms with Crippen LogP contribution in [-0.2, 0) is 29.5 Å². The molecule has 1 aromatic heterocycles. The van der Waals surface area contributed by atoms with Crippen molar-refractivity contribution >= 4 is 63.5 Å². The number of nitrogens with one attached hydrogen (secondary N) is 2. The molecule has 2 unspecified atom stereocenters. The van der Waals surface area contributed by atoms with Gasteiger partial charge in [0.15, 0.2) is 16.9 Å². The van der Waals surface area contributed by atoms with Gasteiger partial charge in [0.05, 0.1) is 0 Å². The van der Waals surface area contributed by atoms with Crippen molar-refractivity contribution in [2.24, 2.45) is 5.16 Å². The number of ether oxygens (including phenoxy) is 1. The third-order valence-electron chi connectivity index (χ3n) is 11.2. The molecule has 1 fully saturated rings. The van der Waals surface area contributed by atoms with Crippen molar-refractivity contribution in [1.82, 2.24) is 15.2 Å². The van der Waals surface area contributed by atoms with E-state index in [1.54, 1.807) is 5.38 Å². The second-order valence-electron chi connectivity index (χ2n) is 15.2. The van der Waals surface area contributed by atoms with Crippen molar-refractivity contribution in [2.45, 2.75) is 28.0 Å². The average molecular weight is 926 g/mol. The van der Waals surface area contributed by atoms with Gasteiger partial charge in [-0.15, -0.1) is 23.1 Å². The van der Waals surface area contributed by atoms with E-state index in [1.807, 2.05) is 157 Å². The lowest BCUT2D eigenvalue weighted by Crippen LogP contribution is -2.71. The molecule has 2 atom stereocenters. The summed E-state index contributed by atoms with van der Waals surface area (Å²) < 4.78 is 6.35. The highest BCUT2D eigenvalue weighted by Crippen LogP contribution is 2.43. The molecule has 0 bridgehead atoms. The van der Waals surface area contributed by atoms with E-state index in [0.29, 0.717) is 16.5 Å². The summed E-state index contributed by atoms with van der Waals surface area (Å²) in [7, 11) is 1.35. The van der Waals surface area contributed by atoms with E-state index in [9.17, 15) is 14.4 Å². The molecule has 6 aromatic carbocycles. The number of aromatic nitrogens is 1. The second kappa shape index (κ2) is 20.3. The number of nitrogens with zero attached hydrogens (tertiary/aromatic N) is 3. The smallest absolute Gasteiger partial charge is 0.356 e. The lowest BCUT2D eigenvalue weighted by molar-refractivity contribution is -0.154. The highest BCUT2D eigenvalue weighted by molar-refractivity contribution is 8.02. The van der Waals surface area contributed by atoms with Crippen molar-refractivity contribution in [2.75, 3.05) is 18.2 Å². The number of allylic oxidation sites excluding steroid dienone is 1. The molecule has 3 heterocycles. The number of hydrogen-bond donors (Lipinski definition) is 2. The SMILES string of the molecule is CON=C(C(=O)NC1C(=O)N2C(C(=O)OC(c3ccccc3)c3ccccc3)=C(C=CSc3ccccc3)CSC12)c1csc(NC(c2ccccc2)(c2ccccc2)c2ccccc2)n1. The summed E-state index contributed by atoms with van der Waals surface area (Å²) >= 11 is 4.27. The Kier molecular flexibility index (Phi) is 13.6. The largest absolute Gasteiger partial charge is 0.448 e. The topological polar surface area (TPSA) is 122 Å². The van der Waals surface area contributed by atoms with Gasteiger partial charge in [-0.25, -0.2) is 9.78 Å². The van der Waals surface area contributed by atoms with Crippen molar-refractivity contribution in [1.29, 1.82) is 0 Å². The van der Waals surface area contributed by atoms with Crippen LogP contribution in [0.2, 0.25) is 0 Å². The molecule has 328 valence electrons. The van der Waals surface area contributed by atoms with Gasteiger partial charge in [-0.1, -0.05) is 187 Å². The number of β-lactam (4-membered cyclic amide) rings is 1. The van der Waals surface area contributed by atoms with Crippen LogP contribution in [0, 0.1) is 0 Å². The first kappa shape index (κ1) is 44.0. The first-order chi connectivity index (χ1) is 32.4. The fraction of sp³-hybridized carbons (Fsp3) is 0.113. The molecule has 2 aliphatic heterocycles. The number of carbonyl (C=O) groups excluding carboxylic acids is 3. The molecule has 7 aromatic rings. The van der Waals surface area contributed by atoms with Gasteiger partial charge in [-0.05, 0) is 57.0 Å². The fourth-order valence-electron chi connectivity index (χ4n) is 8.09. The Bertz CT molecular complexity index is 2750. The van der Waals surface area contributed by atoms with E-state index in [0.717, 1.165) is 32.7 Å².